The molecule has 23 heavy (non-hydrogen) atoms. The molecule has 0 saturated carbocycles. The predicted molar refractivity (Wildman–Crippen MR) is 86.4 cm³/mol. The van der Waals surface area contributed by atoms with Crippen LogP contribution < -0.4 is 5.32 Å². The van der Waals surface area contributed by atoms with Gasteiger partial charge in [-0.2, -0.15) is 5.10 Å². The number of H-pyrrole nitrogens is 1. The molecule has 118 valence electrons. The number of fused-ring (bicyclic) bond motifs is 3. The number of hydrogen-bond acceptors (Lipinski definition) is 4. The van der Waals surface area contributed by atoms with Crippen LogP contribution in [0.1, 0.15) is 35.2 Å². The Hall–Kier alpha value is -2.47. The summed E-state index contributed by atoms with van der Waals surface area (Å²) in [4.78, 5) is 26.9. The zero-order valence-electron chi connectivity index (χ0n) is 12.8. The van der Waals surface area contributed by atoms with E-state index < -0.39 is 0 Å². The summed E-state index contributed by atoms with van der Waals surface area (Å²) >= 11 is 0. The number of likely N-dealkylation sites (tertiary alicyclic amines) is 1. The van der Waals surface area contributed by atoms with Crippen LogP contribution in [0, 0.1) is 0 Å². The van der Waals surface area contributed by atoms with Gasteiger partial charge in [-0.3, -0.25) is 19.6 Å². The number of carbonyl (C=O) groups is 2. The van der Waals surface area contributed by atoms with Gasteiger partial charge in [-0.1, -0.05) is 30.7 Å². The summed E-state index contributed by atoms with van der Waals surface area (Å²) in [6, 6.07) is 7.41. The number of piperidine rings is 1. The molecule has 2 aromatic rings. The number of aromatic amines is 1. The number of amides is 1. The maximum Gasteiger partial charge on any atom is 0.239 e. The number of benzene rings is 1. The van der Waals surface area contributed by atoms with Gasteiger partial charge in [0.05, 0.1) is 17.8 Å². The van der Waals surface area contributed by atoms with Crippen molar-refractivity contribution in [2.75, 3.05) is 25.0 Å². The summed E-state index contributed by atoms with van der Waals surface area (Å²) in [5, 5.41) is 9.80. The van der Waals surface area contributed by atoms with Crippen molar-refractivity contribution in [3.63, 3.8) is 0 Å². The van der Waals surface area contributed by atoms with E-state index in [0.717, 1.165) is 31.5 Å². The number of anilines is 1. The van der Waals surface area contributed by atoms with E-state index in [-0.39, 0.29) is 11.7 Å². The van der Waals surface area contributed by atoms with Gasteiger partial charge < -0.3 is 5.32 Å². The summed E-state index contributed by atoms with van der Waals surface area (Å²) in [5.74, 6) is 0.130. The lowest BCUT2D eigenvalue weighted by molar-refractivity contribution is -0.117. The van der Waals surface area contributed by atoms with Crippen LogP contribution in [0.25, 0.3) is 11.3 Å². The minimum Gasteiger partial charge on any atom is -0.307 e. The van der Waals surface area contributed by atoms with Gasteiger partial charge in [0, 0.05) is 11.1 Å². The quantitative estimate of drug-likeness (QED) is 0.776. The average Bonchev–Trinajstić information content (AvgIpc) is 3.09. The van der Waals surface area contributed by atoms with E-state index in [4.69, 9.17) is 0 Å². The van der Waals surface area contributed by atoms with Crippen LogP contribution >= 0.6 is 0 Å². The van der Waals surface area contributed by atoms with Crippen LogP contribution in [0.15, 0.2) is 24.3 Å². The molecule has 0 bridgehead atoms. The third-order valence-electron chi connectivity index (χ3n) is 4.51. The molecule has 2 N–H and O–H groups in total. The van der Waals surface area contributed by atoms with Crippen LogP contribution in [0.4, 0.5) is 5.82 Å². The third-order valence-corrected chi connectivity index (χ3v) is 4.51. The lowest BCUT2D eigenvalue weighted by Crippen LogP contribution is -2.37. The molecule has 6 heteroatoms. The van der Waals surface area contributed by atoms with Crippen LogP contribution in [0.2, 0.25) is 0 Å². The minimum atomic E-state index is -0.120. The second-order valence-electron chi connectivity index (χ2n) is 6.08. The molecular weight excluding hydrogens is 292 g/mol. The van der Waals surface area contributed by atoms with Crippen molar-refractivity contribution < 1.29 is 9.59 Å². The Kier molecular flexibility index (Phi) is 3.46. The molecule has 2 aliphatic rings. The number of ketones is 1. The number of rotatable bonds is 3. The zero-order chi connectivity index (χ0) is 15.8. The monoisotopic (exact) mass is 310 g/mol. The molecule has 1 aliphatic heterocycles. The number of nitrogens with zero attached hydrogens (tertiary/aromatic N) is 2. The molecule has 1 saturated heterocycles. The molecule has 1 aromatic carbocycles. The number of aromatic nitrogens is 2. The zero-order valence-corrected chi connectivity index (χ0v) is 12.8. The normalized spacial score (nSPS) is 17.0. The first-order chi connectivity index (χ1) is 11.2. The highest BCUT2D eigenvalue weighted by Gasteiger charge is 2.32. The van der Waals surface area contributed by atoms with E-state index >= 15 is 0 Å². The summed E-state index contributed by atoms with van der Waals surface area (Å²) in [6.07, 6.45) is 3.51. The number of nitrogens with one attached hydrogen (secondary N) is 2. The maximum atomic E-state index is 12.5. The molecule has 2 heterocycles. The smallest absolute Gasteiger partial charge is 0.239 e. The molecule has 1 aliphatic carbocycles. The van der Waals surface area contributed by atoms with Crippen molar-refractivity contribution in [1.29, 1.82) is 0 Å². The van der Waals surface area contributed by atoms with Crippen molar-refractivity contribution in [3.8, 4) is 11.3 Å². The largest absolute Gasteiger partial charge is 0.307 e. The Labute approximate surface area is 133 Å². The van der Waals surface area contributed by atoms with Crippen LogP contribution in [0.3, 0.4) is 0 Å². The molecule has 1 aromatic heterocycles. The van der Waals surface area contributed by atoms with Gasteiger partial charge in [-0.15, -0.1) is 0 Å². The van der Waals surface area contributed by atoms with E-state index in [0.29, 0.717) is 29.2 Å². The molecule has 0 radical (unpaired) electrons. The van der Waals surface area contributed by atoms with E-state index in [1.54, 1.807) is 6.07 Å². The van der Waals surface area contributed by atoms with Gasteiger partial charge in [-0.05, 0) is 25.9 Å². The van der Waals surface area contributed by atoms with Crippen molar-refractivity contribution >= 4 is 17.5 Å². The van der Waals surface area contributed by atoms with E-state index in [9.17, 15) is 9.59 Å². The van der Waals surface area contributed by atoms with Crippen LogP contribution in [-0.4, -0.2) is 46.4 Å². The molecule has 0 spiro atoms. The van der Waals surface area contributed by atoms with E-state index in [1.807, 2.05) is 18.2 Å². The molecule has 1 fully saturated rings. The van der Waals surface area contributed by atoms with Gasteiger partial charge in [0.1, 0.15) is 0 Å². The Bertz CT molecular complexity index is 775. The maximum absolute atomic E-state index is 12.5. The SMILES string of the molecule is O=C(CN1CCCCC1)Nc1n[nH]c2c1C(=O)c1ccccc1-2. The van der Waals surface area contributed by atoms with Gasteiger partial charge in [0.15, 0.2) is 11.6 Å². The van der Waals surface area contributed by atoms with E-state index in [1.165, 1.54) is 6.42 Å². The minimum absolute atomic E-state index is 0.0855. The first kappa shape index (κ1) is 14.1. The Morgan fingerprint density at radius 2 is 1.91 bits per heavy atom. The highest BCUT2D eigenvalue weighted by Crippen LogP contribution is 2.38. The topological polar surface area (TPSA) is 78.1 Å². The molecular formula is C17H18N4O2. The van der Waals surface area contributed by atoms with Gasteiger partial charge >= 0.3 is 0 Å². The second-order valence-corrected chi connectivity index (χ2v) is 6.08. The fourth-order valence-electron chi connectivity index (χ4n) is 3.37. The molecule has 0 atom stereocenters. The lowest BCUT2D eigenvalue weighted by Gasteiger charge is -2.25. The molecule has 0 unspecified atom stereocenters. The Morgan fingerprint density at radius 3 is 2.70 bits per heavy atom. The summed E-state index contributed by atoms with van der Waals surface area (Å²) in [7, 11) is 0. The first-order valence-electron chi connectivity index (χ1n) is 7.99. The first-order valence-corrected chi connectivity index (χ1v) is 7.99. The molecule has 1 amide bonds. The fraction of sp³-hybridized carbons (Fsp3) is 0.353. The van der Waals surface area contributed by atoms with Crippen molar-refractivity contribution in [3.05, 3.63) is 35.4 Å². The van der Waals surface area contributed by atoms with E-state index in [2.05, 4.69) is 20.4 Å². The number of carbonyl (C=O) groups excluding carboxylic acids is 2. The standard InChI is InChI=1S/C17H18N4O2/c22-13(10-21-8-4-1-5-9-21)18-17-14-15(19-20-17)11-6-2-3-7-12(11)16(14)23/h2-3,6-7H,1,4-5,8-10H2,(H2,18,19,20,22). The summed E-state index contributed by atoms with van der Waals surface area (Å²) in [5.41, 5.74) is 2.66. The highest BCUT2D eigenvalue weighted by molar-refractivity contribution is 6.24. The van der Waals surface area contributed by atoms with Crippen LogP contribution in [0.5, 0.6) is 0 Å². The predicted octanol–water partition coefficient (Wildman–Crippen LogP) is 2.05. The van der Waals surface area contributed by atoms with Crippen molar-refractivity contribution in [1.82, 2.24) is 15.1 Å². The molecule has 6 nitrogen and oxygen atoms in total. The van der Waals surface area contributed by atoms with Crippen LogP contribution in [-0.2, 0) is 4.79 Å². The van der Waals surface area contributed by atoms with Crippen molar-refractivity contribution in [2.45, 2.75) is 19.3 Å². The summed E-state index contributed by atoms with van der Waals surface area (Å²) < 4.78 is 0. The van der Waals surface area contributed by atoms with Gasteiger partial charge in [0.25, 0.3) is 0 Å². The lowest BCUT2D eigenvalue weighted by atomic mass is 10.1. The second kappa shape index (κ2) is 5.62. The van der Waals surface area contributed by atoms with Gasteiger partial charge in [-0.25, -0.2) is 0 Å². The third kappa shape index (κ3) is 2.45. The average molecular weight is 310 g/mol. The Morgan fingerprint density at radius 1 is 1.17 bits per heavy atom. The fourth-order valence-corrected chi connectivity index (χ4v) is 3.37. The highest BCUT2D eigenvalue weighted by atomic mass is 16.2. The van der Waals surface area contributed by atoms with Gasteiger partial charge in [0.2, 0.25) is 5.91 Å². The Balaban J connectivity index is 1.53. The summed E-state index contributed by atoms with van der Waals surface area (Å²) in [6.45, 7) is 2.26. The van der Waals surface area contributed by atoms with Crippen molar-refractivity contribution in [2.24, 2.45) is 0 Å². The molecule has 4 rings (SSSR count). The number of hydrogen-bond donors (Lipinski definition) is 2.